The van der Waals surface area contributed by atoms with Gasteiger partial charge in [0.15, 0.2) is 9.84 Å². The molecule has 2 aromatic rings. The van der Waals surface area contributed by atoms with Crippen LogP contribution in [0.2, 0.25) is 5.02 Å². The van der Waals surface area contributed by atoms with Gasteiger partial charge in [-0.2, -0.15) is 9.40 Å². The smallest absolute Gasteiger partial charge is 0.244 e. The average Bonchev–Trinajstić information content (AvgIpc) is 2.89. The van der Waals surface area contributed by atoms with Crippen molar-refractivity contribution in [3.63, 3.8) is 0 Å². The molecular weight excluding hydrogens is 374 g/mol. The van der Waals surface area contributed by atoms with Gasteiger partial charge >= 0.3 is 0 Å². The van der Waals surface area contributed by atoms with Crippen LogP contribution >= 0.6 is 11.6 Å². The molecule has 24 heavy (non-hydrogen) atoms. The van der Waals surface area contributed by atoms with Gasteiger partial charge in [0.2, 0.25) is 10.0 Å². The van der Waals surface area contributed by atoms with Crippen LogP contribution in [0.25, 0.3) is 0 Å². The summed E-state index contributed by atoms with van der Waals surface area (Å²) in [7, 11) is -5.76. The number of rotatable bonds is 6. The number of sulfone groups is 1. The molecule has 132 valence electrons. The lowest BCUT2D eigenvalue weighted by Gasteiger charge is -2.20. The Kier molecular flexibility index (Phi) is 5.38. The summed E-state index contributed by atoms with van der Waals surface area (Å²) < 4.78 is 52.0. The highest BCUT2D eigenvalue weighted by Gasteiger charge is 2.27. The number of nitrogens with zero attached hydrogens (tertiary/aromatic N) is 3. The largest absolute Gasteiger partial charge is 0.275 e. The lowest BCUT2D eigenvalue weighted by atomic mass is 10.3. The first-order valence-corrected chi connectivity index (χ1v) is 10.7. The summed E-state index contributed by atoms with van der Waals surface area (Å²) in [6.45, 7) is 2.02. The summed E-state index contributed by atoms with van der Waals surface area (Å²) in [5.74, 6) is 0. The fourth-order valence-electron chi connectivity index (χ4n) is 2.17. The van der Waals surface area contributed by atoms with Crippen LogP contribution in [0.15, 0.2) is 40.4 Å². The zero-order chi connectivity index (χ0) is 18.1. The molecule has 0 N–H and O–H groups in total. The summed E-state index contributed by atoms with van der Waals surface area (Å²) in [6.07, 6.45) is 4.30. The molecule has 2 rings (SSSR count). The minimum Gasteiger partial charge on any atom is -0.275 e. The molecule has 7 nitrogen and oxygen atoms in total. The van der Waals surface area contributed by atoms with E-state index in [0.717, 1.165) is 17.9 Å². The van der Waals surface area contributed by atoms with Gasteiger partial charge in [-0.15, -0.1) is 0 Å². The molecule has 0 bridgehead atoms. The molecule has 1 aromatic heterocycles. The molecule has 10 heteroatoms. The Labute approximate surface area is 146 Å². The van der Waals surface area contributed by atoms with Gasteiger partial charge in [-0.3, -0.25) is 4.68 Å². The second-order valence-electron chi connectivity index (χ2n) is 5.32. The van der Waals surface area contributed by atoms with E-state index in [1.165, 1.54) is 16.4 Å². The summed E-state index contributed by atoms with van der Waals surface area (Å²) in [5.41, 5.74) is 0.721. The first-order chi connectivity index (χ1) is 11.1. The van der Waals surface area contributed by atoms with Gasteiger partial charge in [-0.25, -0.2) is 16.8 Å². The van der Waals surface area contributed by atoms with Crippen LogP contribution < -0.4 is 0 Å². The van der Waals surface area contributed by atoms with E-state index in [9.17, 15) is 16.8 Å². The van der Waals surface area contributed by atoms with Crippen molar-refractivity contribution in [3.8, 4) is 0 Å². The molecule has 0 saturated heterocycles. The van der Waals surface area contributed by atoms with Crippen LogP contribution in [0, 0.1) is 0 Å². The van der Waals surface area contributed by atoms with Crippen LogP contribution in [-0.4, -0.2) is 43.7 Å². The van der Waals surface area contributed by atoms with Crippen molar-refractivity contribution in [2.75, 3.05) is 12.8 Å². The zero-order valence-corrected chi connectivity index (χ0v) is 15.9. The molecule has 0 aliphatic rings. The predicted octanol–water partition coefficient (Wildman–Crippen LogP) is 1.69. The van der Waals surface area contributed by atoms with Crippen molar-refractivity contribution in [1.29, 1.82) is 0 Å². The molecule has 0 fully saturated rings. The second kappa shape index (κ2) is 6.83. The Hall–Kier alpha value is -1.42. The maximum atomic E-state index is 12.9. The Balaban J connectivity index is 2.47. The number of hydrogen-bond donors (Lipinski definition) is 0. The van der Waals surface area contributed by atoms with Crippen LogP contribution in [0.4, 0.5) is 0 Å². The van der Waals surface area contributed by atoms with Crippen molar-refractivity contribution in [3.05, 3.63) is 41.2 Å². The molecule has 0 amide bonds. The molecule has 1 heterocycles. The molecule has 0 unspecified atom stereocenters. The standard InChI is InChI=1S/C14H18ClN3O4S2/c1-4-18(10-11-8-16-17(2)9-11)24(21,22)14-7-12(23(3,19)20)5-6-13(14)15/h5-9H,4,10H2,1-3H3. The van der Waals surface area contributed by atoms with Gasteiger partial charge in [0, 0.05) is 38.2 Å². The molecule has 0 aliphatic heterocycles. The normalized spacial score (nSPS) is 12.7. The lowest BCUT2D eigenvalue weighted by Crippen LogP contribution is -2.30. The fourth-order valence-corrected chi connectivity index (χ4v) is 4.83. The van der Waals surface area contributed by atoms with E-state index < -0.39 is 19.9 Å². The van der Waals surface area contributed by atoms with Crippen molar-refractivity contribution in [2.24, 2.45) is 7.05 Å². The molecule has 0 atom stereocenters. The number of aryl methyl sites for hydroxylation is 1. The Morgan fingerprint density at radius 3 is 2.42 bits per heavy atom. The molecule has 0 radical (unpaired) electrons. The number of sulfonamides is 1. The van der Waals surface area contributed by atoms with Gasteiger partial charge in [-0.1, -0.05) is 18.5 Å². The SMILES string of the molecule is CCN(Cc1cnn(C)c1)S(=O)(=O)c1cc(S(C)(=O)=O)ccc1Cl. The maximum absolute atomic E-state index is 12.9. The van der Waals surface area contributed by atoms with Crippen molar-refractivity contribution >= 4 is 31.5 Å². The Morgan fingerprint density at radius 2 is 1.92 bits per heavy atom. The summed E-state index contributed by atoms with van der Waals surface area (Å²) in [6, 6.07) is 3.66. The molecule has 1 aromatic carbocycles. The van der Waals surface area contributed by atoms with Gasteiger partial charge in [0.05, 0.1) is 16.1 Å². The van der Waals surface area contributed by atoms with Crippen LogP contribution in [-0.2, 0) is 33.5 Å². The number of aromatic nitrogens is 2. The summed E-state index contributed by atoms with van der Waals surface area (Å²) in [4.78, 5) is -0.319. The van der Waals surface area contributed by atoms with Crippen LogP contribution in [0.3, 0.4) is 0 Å². The van der Waals surface area contributed by atoms with E-state index in [0.29, 0.717) is 0 Å². The third-order valence-electron chi connectivity index (χ3n) is 3.42. The van der Waals surface area contributed by atoms with E-state index >= 15 is 0 Å². The Bertz CT molecular complexity index is 952. The zero-order valence-electron chi connectivity index (χ0n) is 13.5. The fraction of sp³-hybridized carbons (Fsp3) is 0.357. The van der Waals surface area contributed by atoms with Gasteiger partial charge < -0.3 is 0 Å². The van der Waals surface area contributed by atoms with E-state index in [2.05, 4.69) is 5.10 Å². The second-order valence-corrected chi connectivity index (χ2v) is 9.65. The van der Waals surface area contributed by atoms with Crippen molar-refractivity contribution in [1.82, 2.24) is 14.1 Å². The van der Waals surface area contributed by atoms with Crippen LogP contribution in [0.1, 0.15) is 12.5 Å². The quantitative estimate of drug-likeness (QED) is 0.747. The van der Waals surface area contributed by atoms with Gasteiger partial charge in [-0.05, 0) is 18.2 Å². The highest BCUT2D eigenvalue weighted by atomic mass is 35.5. The van der Waals surface area contributed by atoms with Gasteiger partial charge in [0.1, 0.15) is 4.90 Å². The first-order valence-electron chi connectivity index (χ1n) is 7.03. The van der Waals surface area contributed by atoms with E-state index in [4.69, 9.17) is 11.6 Å². The minimum absolute atomic E-state index is 0.0213. The Morgan fingerprint density at radius 1 is 1.25 bits per heavy atom. The first kappa shape index (κ1) is 18.9. The summed E-state index contributed by atoms with van der Waals surface area (Å²) in [5, 5.41) is 3.99. The van der Waals surface area contributed by atoms with Crippen LogP contribution in [0.5, 0.6) is 0 Å². The highest BCUT2D eigenvalue weighted by molar-refractivity contribution is 7.91. The lowest BCUT2D eigenvalue weighted by molar-refractivity contribution is 0.423. The predicted molar refractivity (Wildman–Crippen MR) is 91.0 cm³/mol. The van der Waals surface area contributed by atoms with Crippen molar-refractivity contribution in [2.45, 2.75) is 23.3 Å². The molecule has 0 saturated carbocycles. The molecule has 0 aliphatic carbocycles. The van der Waals surface area contributed by atoms with E-state index in [-0.39, 0.29) is 27.9 Å². The van der Waals surface area contributed by atoms with E-state index in [1.54, 1.807) is 31.0 Å². The van der Waals surface area contributed by atoms with E-state index in [1.807, 2.05) is 0 Å². The van der Waals surface area contributed by atoms with Gasteiger partial charge in [0.25, 0.3) is 0 Å². The molecule has 0 spiro atoms. The number of hydrogen-bond acceptors (Lipinski definition) is 5. The third kappa shape index (κ3) is 3.97. The topological polar surface area (TPSA) is 89.3 Å². The number of halogens is 1. The third-order valence-corrected chi connectivity index (χ3v) is 6.93. The average molecular weight is 392 g/mol. The summed E-state index contributed by atoms with van der Waals surface area (Å²) >= 11 is 6.02. The number of benzene rings is 1. The maximum Gasteiger partial charge on any atom is 0.244 e. The van der Waals surface area contributed by atoms with Crippen molar-refractivity contribution < 1.29 is 16.8 Å². The highest BCUT2D eigenvalue weighted by Crippen LogP contribution is 2.28. The monoisotopic (exact) mass is 391 g/mol. The minimum atomic E-state index is -3.95. The molecular formula is C14H18ClN3O4S2.